The van der Waals surface area contributed by atoms with E-state index < -0.39 is 0 Å². The van der Waals surface area contributed by atoms with Crippen molar-refractivity contribution in [3.63, 3.8) is 0 Å². The second-order valence-electron chi connectivity index (χ2n) is 3.07. The molecule has 2 atom stereocenters. The zero-order chi connectivity index (χ0) is 10.1. The Balaban J connectivity index is 3.60. The third-order valence-electron chi connectivity index (χ3n) is 2.07. The molecule has 0 aromatic carbocycles. The minimum Gasteiger partial charge on any atom is -0.385 e. The van der Waals surface area contributed by atoms with Gasteiger partial charge in [-0.3, -0.25) is 11.3 Å². The van der Waals surface area contributed by atoms with Crippen molar-refractivity contribution in [2.24, 2.45) is 5.84 Å². The summed E-state index contributed by atoms with van der Waals surface area (Å²) in [6.07, 6.45) is 2.14. The first-order valence-electron chi connectivity index (χ1n) is 4.82. The smallest absolute Gasteiger partial charge is 0.0713 e. The van der Waals surface area contributed by atoms with Crippen LogP contribution in [0.3, 0.4) is 0 Å². The average molecular weight is 190 g/mol. The Morgan fingerprint density at radius 3 is 2.62 bits per heavy atom. The van der Waals surface area contributed by atoms with Crippen molar-refractivity contribution in [1.82, 2.24) is 5.43 Å². The molecule has 0 aromatic rings. The molecule has 0 saturated carbocycles. The minimum atomic E-state index is 0.159. The quantitative estimate of drug-likeness (QED) is 0.335. The van der Waals surface area contributed by atoms with Crippen LogP contribution < -0.4 is 11.3 Å². The van der Waals surface area contributed by atoms with E-state index in [1.165, 1.54) is 0 Å². The van der Waals surface area contributed by atoms with Gasteiger partial charge in [0.1, 0.15) is 0 Å². The van der Waals surface area contributed by atoms with Gasteiger partial charge >= 0.3 is 0 Å². The van der Waals surface area contributed by atoms with E-state index in [0.29, 0.717) is 0 Å². The van der Waals surface area contributed by atoms with Crippen molar-refractivity contribution >= 4 is 0 Å². The van der Waals surface area contributed by atoms with Gasteiger partial charge in [-0.25, -0.2) is 0 Å². The van der Waals surface area contributed by atoms with Crippen LogP contribution in [0, 0.1) is 0 Å². The van der Waals surface area contributed by atoms with Crippen molar-refractivity contribution in [3.8, 4) is 0 Å². The van der Waals surface area contributed by atoms with Gasteiger partial charge in [-0.1, -0.05) is 0 Å². The van der Waals surface area contributed by atoms with E-state index in [4.69, 9.17) is 15.3 Å². The number of nitrogens with one attached hydrogen (secondary N) is 1. The standard InChI is InChI=1S/C9H22N2O2/c1-4-13-8(2)9(11-10)6-5-7-12-3/h8-9,11H,4-7,10H2,1-3H3. The van der Waals surface area contributed by atoms with Gasteiger partial charge < -0.3 is 9.47 Å². The Kier molecular flexibility index (Phi) is 8.33. The molecule has 0 aliphatic carbocycles. The number of nitrogens with two attached hydrogens (primary N) is 1. The van der Waals surface area contributed by atoms with Crippen LogP contribution in [0.25, 0.3) is 0 Å². The van der Waals surface area contributed by atoms with Gasteiger partial charge in [0, 0.05) is 26.4 Å². The fourth-order valence-corrected chi connectivity index (χ4v) is 1.28. The lowest BCUT2D eigenvalue weighted by Crippen LogP contribution is -2.44. The van der Waals surface area contributed by atoms with Gasteiger partial charge in [0.15, 0.2) is 0 Å². The van der Waals surface area contributed by atoms with Gasteiger partial charge in [-0.05, 0) is 26.7 Å². The summed E-state index contributed by atoms with van der Waals surface area (Å²) in [7, 11) is 1.71. The van der Waals surface area contributed by atoms with Gasteiger partial charge in [0.2, 0.25) is 0 Å². The van der Waals surface area contributed by atoms with Crippen LogP contribution in [0.1, 0.15) is 26.7 Å². The lowest BCUT2D eigenvalue weighted by molar-refractivity contribution is 0.0425. The second kappa shape index (κ2) is 8.44. The normalized spacial score (nSPS) is 15.7. The average Bonchev–Trinajstić information content (AvgIpc) is 2.13. The summed E-state index contributed by atoms with van der Waals surface area (Å²) < 4.78 is 10.4. The Morgan fingerprint density at radius 1 is 1.46 bits per heavy atom. The highest BCUT2D eigenvalue weighted by molar-refractivity contribution is 4.70. The maximum absolute atomic E-state index is 5.44. The number of methoxy groups -OCH3 is 1. The molecule has 0 aliphatic heterocycles. The Morgan fingerprint density at radius 2 is 2.15 bits per heavy atom. The first kappa shape index (κ1) is 12.8. The van der Waals surface area contributed by atoms with E-state index in [1.807, 2.05) is 13.8 Å². The highest BCUT2D eigenvalue weighted by Crippen LogP contribution is 2.05. The molecular formula is C9H22N2O2. The first-order valence-corrected chi connectivity index (χ1v) is 4.82. The molecule has 0 heterocycles. The van der Waals surface area contributed by atoms with E-state index in [2.05, 4.69) is 5.43 Å². The van der Waals surface area contributed by atoms with E-state index in [9.17, 15) is 0 Å². The molecule has 0 bridgehead atoms. The number of hydrazine groups is 1. The fourth-order valence-electron chi connectivity index (χ4n) is 1.28. The van der Waals surface area contributed by atoms with E-state index in [1.54, 1.807) is 7.11 Å². The van der Waals surface area contributed by atoms with Crippen LogP contribution in [0.4, 0.5) is 0 Å². The van der Waals surface area contributed by atoms with Gasteiger partial charge in [0.25, 0.3) is 0 Å². The SMILES string of the molecule is CCOC(C)C(CCCOC)NN. The fraction of sp³-hybridized carbons (Fsp3) is 1.00. The van der Waals surface area contributed by atoms with Crippen LogP contribution in [0.2, 0.25) is 0 Å². The Hall–Kier alpha value is -0.160. The van der Waals surface area contributed by atoms with Crippen LogP contribution in [-0.2, 0) is 9.47 Å². The van der Waals surface area contributed by atoms with Crippen molar-refractivity contribution < 1.29 is 9.47 Å². The summed E-state index contributed by atoms with van der Waals surface area (Å²) in [6, 6.07) is 0.218. The summed E-state index contributed by atoms with van der Waals surface area (Å²) in [5.41, 5.74) is 2.76. The molecule has 0 aromatic heterocycles. The van der Waals surface area contributed by atoms with Crippen molar-refractivity contribution in [2.45, 2.75) is 38.8 Å². The summed E-state index contributed by atoms with van der Waals surface area (Å²) in [6.45, 7) is 5.51. The van der Waals surface area contributed by atoms with Gasteiger partial charge in [0.05, 0.1) is 6.10 Å². The molecule has 2 unspecified atom stereocenters. The van der Waals surface area contributed by atoms with Crippen molar-refractivity contribution in [3.05, 3.63) is 0 Å². The zero-order valence-electron chi connectivity index (χ0n) is 8.88. The second-order valence-corrected chi connectivity index (χ2v) is 3.07. The van der Waals surface area contributed by atoms with Crippen LogP contribution >= 0.6 is 0 Å². The number of rotatable bonds is 8. The number of ether oxygens (including phenoxy) is 2. The largest absolute Gasteiger partial charge is 0.385 e. The lowest BCUT2D eigenvalue weighted by atomic mass is 10.1. The molecular weight excluding hydrogens is 168 g/mol. The van der Waals surface area contributed by atoms with Crippen LogP contribution in [-0.4, -0.2) is 32.5 Å². The Labute approximate surface area is 80.7 Å². The lowest BCUT2D eigenvalue weighted by Gasteiger charge is -2.22. The van der Waals surface area contributed by atoms with E-state index in [0.717, 1.165) is 26.1 Å². The number of hydrogen-bond donors (Lipinski definition) is 2. The topological polar surface area (TPSA) is 56.5 Å². The predicted octanol–water partition coefficient (Wildman–Crippen LogP) is 0.670. The molecule has 0 fully saturated rings. The first-order chi connectivity index (χ1) is 6.26. The molecule has 3 N–H and O–H groups in total. The third-order valence-corrected chi connectivity index (χ3v) is 2.07. The molecule has 13 heavy (non-hydrogen) atoms. The Bertz CT molecular complexity index is 112. The molecule has 0 radical (unpaired) electrons. The maximum atomic E-state index is 5.44. The third kappa shape index (κ3) is 5.99. The van der Waals surface area contributed by atoms with Crippen LogP contribution in [0.5, 0.6) is 0 Å². The summed E-state index contributed by atoms with van der Waals surface area (Å²) >= 11 is 0. The molecule has 0 saturated heterocycles. The molecule has 80 valence electrons. The number of hydrogen-bond acceptors (Lipinski definition) is 4. The van der Waals surface area contributed by atoms with Gasteiger partial charge in [-0.2, -0.15) is 0 Å². The summed E-state index contributed by atoms with van der Waals surface area (Å²) in [5.74, 6) is 5.42. The summed E-state index contributed by atoms with van der Waals surface area (Å²) in [5, 5.41) is 0. The summed E-state index contributed by atoms with van der Waals surface area (Å²) in [4.78, 5) is 0. The molecule has 0 amide bonds. The molecule has 0 spiro atoms. The molecule has 0 rings (SSSR count). The molecule has 4 heteroatoms. The van der Waals surface area contributed by atoms with Gasteiger partial charge in [-0.15, -0.1) is 0 Å². The van der Waals surface area contributed by atoms with Crippen LogP contribution in [0.15, 0.2) is 0 Å². The van der Waals surface area contributed by atoms with E-state index >= 15 is 0 Å². The predicted molar refractivity (Wildman–Crippen MR) is 53.3 cm³/mol. The molecule has 4 nitrogen and oxygen atoms in total. The monoisotopic (exact) mass is 190 g/mol. The highest BCUT2D eigenvalue weighted by atomic mass is 16.5. The zero-order valence-corrected chi connectivity index (χ0v) is 8.88. The minimum absolute atomic E-state index is 0.159. The maximum Gasteiger partial charge on any atom is 0.0713 e. The highest BCUT2D eigenvalue weighted by Gasteiger charge is 2.14. The molecule has 0 aliphatic rings. The van der Waals surface area contributed by atoms with Crippen molar-refractivity contribution in [1.29, 1.82) is 0 Å². The van der Waals surface area contributed by atoms with E-state index in [-0.39, 0.29) is 12.1 Å². The van der Waals surface area contributed by atoms with Crippen molar-refractivity contribution in [2.75, 3.05) is 20.3 Å².